The van der Waals surface area contributed by atoms with Crippen LogP contribution in [0.25, 0.3) is 6.08 Å². The minimum Gasteiger partial charge on any atom is -0.478 e. The quantitative estimate of drug-likeness (QED) is 0.867. The second kappa shape index (κ2) is 5.88. The van der Waals surface area contributed by atoms with Gasteiger partial charge in [0.2, 0.25) is 0 Å². The highest BCUT2D eigenvalue weighted by Crippen LogP contribution is 2.35. The monoisotopic (exact) mass is 288 g/mol. The number of carboxylic acids is 1. The molecule has 1 saturated heterocycles. The van der Waals surface area contributed by atoms with Crippen LogP contribution in [0, 0.1) is 18.3 Å². The van der Waals surface area contributed by atoms with Crippen LogP contribution >= 0.6 is 0 Å². The number of aliphatic carboxylic acids is 1. The molecule has 1 aromatic heterocycles. The van der Waals surface area contributed by atoms with Crippen molar-refractivity contribution in [2.45, 2.75) is 34.1 Å². The van der Waals surface area contributed by atoms with Gasteiger partial charge in [0, 0.05) is 25.4 Å². The number of aryl methyl sites for hydroxylation is 1. The van der Waals surface area contributed by atoms with Crippen LogP contribution in [0.2, 0.25) is 0 Å². The molecule has 1 aromatic rings. The molecule has 1 atom stereocenters. The average Bonchev–Trinajstić information content (AvgIpc) is 2.85. The van der Waals surface area contributed by atoms with Gasteiger partial charge in [0.1, 0.15) is 5.82 Å². The van der Waals surface area contributed by atoms with Gasteiger partial charge in [-0.1, -0.05) is 20.8 Å². The van der Waals surface area contributed by atoms with E-state index in [1.165, 1.54) is 6.42 Å². The third-order valence-electron chi connectivity index (χ3n) is 4.20. The zero-order valence-electron chi connectivity index (χ0n) is 13.3. The molecule has 2 heterocycles. The Labute approximate surface area is 126 Å². The van der Waals surface area contributed by atoms with Crippen LogP contribution in [0.1, 0.15) is 38.3 Å². The molecule has 0 radical (unpaired) electrons. The fraction of sp³-hybridized carbons (Fsp3) is 0.529. The zero-order chi connectivity index (χ0) is 15.6. The van der Waals surface area contributed by atoms with Crippen LogP contribution in [-0.2, 0) is 4.79 Å². The summed E-state index contributed by atoms with van der Waals surface area (Å²) in [5.41, 5.74) is 2.25. The predicted molar refractivity (Wildman–Crippen MR) is 85.4 cm³/mol. The Bertz CT molecular complexity index is 558. The van der Waals surface area contributed by atoms with Gasteiger partial charge in [0.25, 0.3) is 0 Å². The fourth-order valence-electron chi connectivity index (χ4n) is 2.84. The number of carboxylic acid groups (broad SMARTS) is 1. The van der Waals surface area contributed by atoms with E-state index in [0.717, 1.165) is 36.1 Å². The predicted octanol–water partition coefficient (Wildman–Crippen LogP) is 3.36. The first-order valence-electron chi connectivity index (χ1n) is 7.40. The molecule has 1 N–H and O–H groups in total. The number of nitrogens with zero attached hydrogens (tertiary/aromatic N) is 2. The number of hydrogen-bond acceptors (Lipinski definition) is 3. The van der Waals surface area contributed by atoms with Crippen LogP contribution in [0.15, 0.2) is 18.3 Å². The molecule has 1 aliphatic rings. The molecule has 21 heavy (non-hydrogen) atoms. The zero-order valence-corrected chi connectivity index (χ0v) is 13.3. The van der Waals surface area contributed by atoms with Crippen molar-refractivity contribution < 1.29 is 9.90 Å². The van der Waals surface area contributed by atoms with Gasteiger partial charge in [-0.3, -0.25) is 0 Å². The second-order valence-corrected chi connectivity index (χ2v) is 6.88. The Kier molecular flexibility index (Phi) is 4.35. The summed E-state index contributed by atoms with van der Waals surface area (Å²) in [7, 11) is 0. The lowest BCUT2D eigenvalue weighted by Crippen LogP contribution is -2.26. The van der Waals surface area contributed by atoms with E-state index >= 15 is 0 Å². The standard InChI is InChI=1S/C17H24N2O2/c1-12-9-13(5-6-15(20)21)10-18-16(12)19-8-7-14(11-19)17(2,3)4/h5-6,9-10,14H,7-8,11H2,1-4H3,(H,20,21)/b6-5+. The molecule has 2 rings (SSSR count). The lowest BCUT2D eigenvalue weighted by Gasteiger charge is -2.27. The molecule has 0 aliphatic carbocycles. The van der Waals surface area contributed by atoms with Crippen molar-refractivity contribution in [2.24, 2.45) is 11.3 Å². The second-order valence-electron chi connectivity index (χ2n) is 6.88. The Balaban J connectivity index is 2.14. The lowest BCUT2D eigenvalue weighted by molar-refractivity contribution is -0.131. The summed E-state index contributed by atoms with van der Waals surface area (Å²) < 4.78 is 0. The van der Waals surface area contributed by atoms with Gasteiger partial charge in [-0.25, -0.2) is 9.78 Å². The van der Waals surface area contributed by atoms with Crippen LogP contribution in [-0.4, -0.2) is 29.1 Å². The van der Waals surface area contributed by atoms with E-state index in [1.807, 2.05) is 13.0 Å². The molecule has 4 nitrogen and oxygen atoms in total. The summed E-state index contributed by atoms with van der Waals surface area (Å²) in [4.78, 5) is 17.4. The van der Waals surface area contributed by atoms with Gasteiger partial charge < -0.3 is 10.0 Å². The first-order chi connectivity index (χ1) is 9.77. The van der Waals surface area contributed by atoms with E-state index in [9.17, 15) is 4.79 Å². The van der Waals surface area contributed by atoms with E-state index in [1.54, 1.807) is 12.3 Å². The third-order valence-corrected chi connectivity index (χ3v) is 4.20. The molecule has 1 fully saturated rings. The molecule has 1 unspecified atom stereocenters. The number of pyridine rings is 1. The van der Waals surface area contributed by atoms with Crippen molar-refractivity contribution >= 4 is 17.9 Å². The Morgan fingerprint density at radius 2 is 2.19 bits per heavy atom. The first kappa shape index (κ1) is 15.5. The van der Waals surface area contributed by atoms with E-state index in [-0.39, 0.29) is 0 Å². The van der Waals surface area contributed by atoms with Gasteiger partial charge in [0.05, 0.1) is 0 Å². The maximum atomic E-state index is 10.5. The number of carbonyl (C=O) groups is 1. The number of rotatable bonds is 3. The maximum Gasteiger partial charge on any atom is 0.328 e. The Morgan fingerprint density at radius 1 is 1.48 bits per heavy atom. The molecule has 1 aliphatic heterocycles. The van der Waals surface area contributed by atoms with Gasteiger partial charge >= 0.3 is 5.97 Å². The summed E-state index contributed by atoms with van der Waals surface area (Å²) in [6.07, 6.45) is 5.66. The topological polar surface area (TPSA) is 53.4 Å². The summed E-state index contributed by atoms with van der Waals surface area (Å²) in [6, 6.07) is 1.99. The van der Waals surface area contributed by atoms with Crippen molar-refractivity contribution in [1.82, 2.24) is 4.98 Å². The summed E-state index contributed by atoms with van der Waals surface area (Å²) in [5.74, 6) is 0.767. The average molecular weight is 288 g/mol. The minimum atomic E-state index is -0.940. The van der Waals surface area contributed by atoms with Gasteiger partial charge in [-0.05, 0) is 47.9 Å². The number of aromatic nitrogens is 1. The van der Waals surface area contributed by atoms with E-state index in [4.69, 9.17) is 5.11 Å². The van der Waals surface area contributed by atoms with Gasteiger partial charge in [0.15, 0.2) is 0 Å². The maximum absolute atomic E-state index is 10.5. The van der Waals surface area contributed by atoms with Crippen molar-refractivity contribution in [3.63, 3.8) is 0 Å². The molecule has 0 amide bonds. The van der Waals surface area contributed by atoms with Crippen molar-refractivity contribution in [1.29, 1.82) is 0 Å². The van der Waals surface area contributed by atoms with E-state index < -0.39 is 5.97 Å². The molecular weight excluding hydrogens is 264 g/mol. The Morgan fingerprint density at radius 3 is 2.71 bits per heavy atom. The highest BCUT2D eigenvalue weighted by atomic mass is 16.4. The molecule has 0 aromatic carbocycles. The fourth-order valence-corrected chi connectivity index (χ4v) is 2.84. The normalized spacial score (nSPS) is 19.4. The van der Waals surface area contributed by atoms with Crippen molar-refractivity contribution in [2.75, 3.05) is 18.0 Å². The van der Waals surface area contributed by atoms with Gasteiger partial charge in [-0.2, -0.15) is 0 Å². The molecular formula is C17H24N2O2. The summed E-state index contributed by atoms with van der Waals surface area (Å²) in [5, 5.41) is 8.66. The highest BCUT2D eigenvalue weighted by molar-refractivity contribution is 5.85. The van der Waals surface area contributed by atoms with Crippen molar-refractivity contribution in [3.8, 4) is 0 Å². The van der Waals surface area contributed by atoms with Crippen LogP contribution < -0.4 is 4.90 Å². The lowest BCUT2D eigenvalue weighted by atomic mass is 9.80. The molecule has 0 spiro atoms. The third kappa shape index (κ3) is 3.84. The van der Waals surface area contributed by atoms with E-state index in [0.29, 0.717) is 11.3 Å². The highest BCUT2D eigenvalue weighted by Gasteiger charge is 2.32. The number of hydrogen-bond donors (Lipinski definition) is 1. The SMILES string of the molecule is Cc1cc(/C=C/C(=O)O)cnc1N1CCC(C(C)(C)C)C1. The van der Waals surface area contributed by atoms with Crippen LogP contribution in [0.5, 0.6) is 0 Å². The molecule has 114 valence electrons. The number of anilines is 1. The smallest absolute Gasteiger partial charge is 0.328 e. The summed E-state index contributed by atoms with van der Waals surface area (Å²) >= 11 is 0. The largest absolute Gasteiger partial charge is 0.478 e. The Hall–Kier alpha value is -1.84. The van der Waals surface area contributed by atoms with Crippen molar-refractivity contribution in [3.05, 3.63) is 29.5 Å². The van der Waals surface area contributed by atoms with E-state index in [2.05, 4.69) is 30.7 Å². The van der Waals surface area contributed by atoms with Crippen LogP contribution in [0.3, 0.4) is 0 Å². The van der Waals surface area contributed by atoms with Crippen LogP contribution in [0.4, 0.5) is 5.82 Å². The molecule has 4 heteroatoms. The molecule has 0 bridgehead atoms. The first-order valence-corrected chi connectivity index (χ1v) is 7.40. The molecule has 0 saturated carbocycles. The minimum absolute atomic E-state index is 0.326. The summed E-state index contributed by atoms with van der Waals surface area (Å²) in [6.45, 7) is 11.0. The van der Waals surface area contributed by atoms with Gasteiger partial charge in [-0.15, -0.1) is 0 Å².